The predicted molar refractivity (Wildman–Crippen MR) is 112 cm³/mol. The summed E-state index contributed by atoms with van der Waals surface area (Å²) in [6, 6.07) is 7.94. The van der Waals surface area contributed by atoms with E-state index in [2.05, 4.69) is 26.0 Å². The van der Waals surface area contributed by atoms with Gasteiger partial charge in [0.25, 0.3) is 0 Å². The van der Waals surface area contributed by atoms with E-state index < -0.39 is 12.0 Å². The van der Waals surface area contributed by atoms with Crippen molar-refractivity contribution in [3.8, 4) is 5.75 Å². The fourth-order valence-corrected chi connectivity index (χ4v) is 3.09. The molecule has 1 aromatic carbocycles. The van der Waals surface area contributed by atoms with Crippen LogP contribution in [0, 0.1) is 5.95 Å². The molecule has 1 aliphatic heterocycles. The highest BCUT2D eigenvalue weighted by Gasteiger charge is 2.19. The zero-order chi connectivity index (χ0) is 21.7. The summed E-state index contributed by atoms with van der Waals surface area (Å²) in [4.78, 5) is 27.5. The van der Waals surface area contributed by atoms with Crippen LogP contribution in [0.25, 0.3) is 0 Å². The predicted octanol–water partition coefficient (Wildman–Crippen LogP) is 3.13. The average molecular weight is 476 g/mol. The van der Waals surface area contributed by atoms with Gasteiger partial charge in [0.1, 0.15) is 5.75 Å². The molecule has 2 amide bonds. The van der Waals surface area contributed by atoms with Crippen molar-refractivity contribution in [2.24, 2.45) is 5.73 Å². The number of hydrogen-bond acceptors (Lipinski definition) is 5. The fourth-order valence-electron chi connectivity index (χ4n) is 2.74. The molecule has 30 heavy (non-hydrogen) atoms. The molecule has 0 radical (unpaired) electrons. The van der Waals surface area contributed by atoms with E-state index in [-0.39, 0.29) is 5.91 Å². The number of nitrogens with two attached hydrogens (primary N) is 1. The van der Waals surface area contributed by atoms with E-state index in [4.69, 9.17) is 10.5 Å². The average Bonchev–Trinajstić information content (AvgIpc) is 3.14. The molecule has 2 N–H and O–H groups in total. The van der Waals surface area contributed by atoms with Crippen molar-refractivity contribution < 1.29 is 18.7 Å². The molecule has 0 spiro atoms. The molecule has 0 aliphatic carbocycles. The van der Waals surface area contributed by atoms with Crippen molar-refractivity contribution in [3.63, 3.8) is 0 Å². The molecule has 3 aromatic rings. The molecule has 0 saturated heterocycles. The summed E-state index contributed by atoms with van der Waals surface area (Å²) in [6.45, 7) is 0.456. The zero-order valence-electron chi connectivity index (χ0n) is 16.1. The van der Waals surface area contributed by atoms with Crippen molar-refractivity contribution in [2.45, 2.75) is 12.8 Å². The minimum atomic E-state index is -0.636. The third kappa shape index (κ3) is 5.41. The number of primary amides is 1. The maximum atomic E-state index is 12.5. The molecule has 8 nitrogen and oxygen atoms in total. The number of nitrogens with zero attached hydrogens (tertiary/aromatic N) is 4. The van der Waals surface area contributed by atoms with Crippen LogP contribution in [0.1, 0.15) is 17.5 Å². The first kappa shape index (κ1) is 21.4. The number of carbonyl (C=O) groups is 2. The van der Waals surface area contributed by atoms with Gasteiger partial charge >= 0.3 is 6.03 Å². The Balaban J connectivity index is 0.000000172. The second kappa shape index (κ2) is 9.49. The zero-order valence-corrected chi connectivity index (χ0v) is 17.7. The maximum absolute atomic E-state index is 12.5. The highest BCUT2D eigenvalue weighted by molar-refractivity contribution is 9.10. The minimum absolute atomic E-state index is 0.0850. The van der Waals surface area contributed by atoms with Crippen molar-refractivity contribution in [1.82, 2.24) is 14.8 Å². The first-order valence-corrected chi connectivity index (χ1v) is 9.75. The number of hydrogen-bond donors (Lipinski definition) is 1. The van der Waals surface area contributed by atoms with Crippen LogP contribution in [-0.2, 0) is 11.2 Å². The Morgan fingerprint density at radius 1 is 1.27 bits per heavy atom. The fraction of sp³-hybridized carbons (Fsp3) is 0.200. The van der Waals surface area contributed by atoms with Gasteiger partial charge in [-0.15, -0.1) is 0 Å². The van der Waals surface area contributed by atoms with Gasteiger partial charge < -0.3 is 15.4 Å². The first-order chi connectivity index (χ1) is 14.3. The quantitative estimate of drug-likeness (QED) is 0.573. The number of halogens is 2. The standard InChI is InChI=1S/C10H10BrNO2.C10H9FN4O/c1-12-8-6-7(11)2-3-9(8)14-5-4-10(12)13;11-9-2-1-7(4-13-9)3-8-5-14-15(6-8)10(12)16/h2-3,6H,4-5H2,1H3;1-2,4-6H,3H2,(H2,12,16). The number of anilines is 1. The Morgan fingerprint density at radius 3 is 2.73 bits per heavy atom. The number of fused-ring (bicyclic) bond motifs is 1. The SMILES string of the molecule is CN1C(=O)CCOc2ccc(Br)cc21.NC(=O)n1cc(Cc2ccc(F)nc2)cn1. The lowest BCUT2D eigenvalue weighted by molar-refractivity contribution is -0.118. The van der Waals surface area contributed by atoms with E-state index in [1.54, 1.807) is 18.0 Å². The van der Waals surface area contributed by atoms with E-state index in [1.165, 1.54) is 24.7 Å². The van der Waals surface area contributed by atoms with Gasteiger partial charge in [0.15, 0.2) is 0 Å². The molecule has 0 unspecified atom stereocenters. The summed E-state index contributed by atoms with van der Waals surface area (Å²) < 4.78 is 20.0. The number of carbonyl (C=O) groups excluding carboxylic acids is 2. The van der Waals surface area contributed by atoms with Gasteiger partial charge in [-0.05, 0) is 35.4 Å². The second-order valence-electron chi connectivity index (χ2n) is 6.46. The minimum Gasteiger partial charge on any atom is -0.491 e. The maximum Gasteiger partial charge on any atom is 0.339 e. The molecule has 4 rings (SSSR count). The number of aromatic nitrogens is 3. The van der Waals surface area contributed by atoms with Crippen LogP contribution in [0.3, 0.4) is 0 Å². The normalized spacial score (nSPS) is 12.9. The van der Waals surface area contributed by atoms with Gasteiger partial charge in [0.05, 0.1) is 24.9 Å². The Bertz CT molecular complexity index is 1050. The number of benzene rings is 1. The van der Waals surface area contributed by atoms with Crippen LogP contribution in [0.15, 0.2) is 53.4 Å². The van der Waals surface area contributed by atoms with E-state index in [0.29, 0.717) is 19.4 Å². The molecular weight excluding hydrogens is 457 g/mol. The lowest BCUT2D eigenvalue weighted by Gasteiger charge is -2.16. The van der Waals surface area contributed by atoms with Crippen LogP contribution in [-0.4, -0.2) is 40.4 Å². The van der Waals surface area contributed by atoms with Crippen molar-refractivity contribution in [1.29, 1.82) is 0 Å². The lowest BCUT2D eigenvalue weighted by Crippen LogP contribution is -2.25. The van der Waals surface area contributed by atoms with E-state index >= 15 is 0 Å². The van der Waals surface area contributed by atoms with Crippen LogP contribution in [0.4, 0.5) is 14.9 Å². The molecule has 10 heteroatoms. The number of pyridine rings is 1. The van der Waals surface area contributed by atoms with Gasteiger partial charge in [-0.3, -0.25) is 4.79 Å². The first-order valence-electron chi connectivity index (χ1n) is 8.96. The summed E-state index contributed by atoms with van der Waals surface area (Å²) in [6.07, 6.45) is 5.47. The van der Waals surface area contributed by atoms with E-state index in [1.807, 2.05) is 18.2 Å². The topological polar surface area (TPSA) is 103 Å². The van der Waals surface area contributed by atoms with Gasteiger partial charge in [-0.1, -0.05) is 22.0 Å². The lowest BCUT2D eigenvalue weighted by atomic mass is 10.1. The van der Waals surface area contributed by atoms with E-state index in [9.17, 15) is 14.0 Å². The molecule has 1 aliphatic rings. The summed E-state index contributed by atoms with van der Waals surface area (Å²) in [5.41, 5.74) is 7.51. The largest absolute Gasteiger partial charge is 0.491 e. The molecule has 0 bridgehead atoms. The number of amides is 2. The van der Waals surface area contributed by atoms with Crippen molar-refractivity contribution >= 4 is 33.6 Å². The molecule has 0 saturated carbocycles. The monoisotopic (exact) mass is 475 g/mol. The van der Waals surface area contributed by atoms with Gasteiger partial charge in [-0.2, -0.15) is 14.2 Å². The smallest absolute Gasteiger partial charge is 0.339 e. The summed E-state index contributed by atoms with van der Waals surface area (Å²) >= 11 is 3.37. The Hall–Kier alpha value is -3.27. The molecule has 0 fully saturated rings. The molecular formula is C20H19BrFN5O3. The van der Waals surface area contributed by atoms with Crippen LogP contribution >= 0.6 is 15.9 Å². The van der Waals surface area contributed by atoms with E-state index in [0.717, 1.165) is 31.7 Å². The van der Waals surface area contributed by atoms with Gasteiger partial charge in [0, 0.05) is 30.3 Å². The van der Waals surface area contributed by atoms with Crippen molar-refractivity contribution in [2.75, 3.05) is 18.6 Å². The number of ether oxygens (including phenoxy) is 1. The van der Waals surface area contributed by atoms with Crippen molar-refractivity contribution in [3.05, 3.63) is 70.5 Å². The molecule has 156 valence electrons. The van der Waals surface area contributed by atoms with Crippen LogP contribution in [0.2, 0.25) is 0 Å². The Labute approximate surface area is 180 Å². The second-order valence-corrected chi connectivity index (χ2v) is 7.38. The highest BCUT2D eigenvalue weighted by Crippen LogP contribution is 2.32. The molecule has 2 aromatic heterocycles. The third-order valence-corrected chi connectivity index (χ3v) is 4.78. The van der Waals surface area contributed by atoms with Gasteiger partial charge in [0.2, 0.25) is 11.9 Å². The summed E-state index contributed by atoms with van der Waals surface area (Å²) in [5, 5.41) is 3.78. The summed E-state index contributed by atoms with van der Waals surface area (Å²) in [5.74, 6) is 0.333. The highest BCUT2D eigenvalue weighted by atomic mass is 79.9. The molecule has 3 heterocycles. The summed E-state index contributed by atoms with van der Waals surface area (Å²) in [7, 11) is 1.77. The Kier molecular flexibility index (Phi) is 6.78. The molecule has 0 atom stereocenters. The number of rotatable bonds is 2. The van der Waals surface area contributed by atoms with Crippen LogP contribution < -0.4 is 15.4 Å². The Morgan fingerprint density at radius 2 is 2.07 bits per heavy atom. The third-order valence-electron chi connectivity index (χ3n) is 4.29. The van der Waals surface area contributed by atoms with Crippen LogP contribution in [0.5, 0.6) is 5.75 Å². The van der Waals surface area contributed by atoms with Gasteiger partial charge in [-0.25, -0.2) is 9.78 Å².